The predicted molar refractivity (Wildman–Crippen MR) is 268 cm³/mol. The molecule has 1 rings (SSSR count). The molecule has 0 saturated carbocycles. The van der Waals surface area contributed by atoms with Crippen molar-refractivity contribution in [1.82, 2.24) is 0 Å². The molecule has 1 atom stereocenters. The number of unbranched alkanes of at least 4 members (excludes halogenated alkanes) is 18. The van der Waals surface area contributed by atoms with E-state index < -0.39 is 214 Å². The molecule has 0 aliphatic heterocycles. The lowest BCUT2D eigenvalue weighted by Crippen LogP contribution is -2.96. The molecule has 0 N–H and O–H groups in total. The van der Waals surface area contributed by atoms with Crippen molar-refractivity contribution in [2.24, 2.45) is 0 Å². The van der Waals surface area contributed by atoms with Gasteiger partial charge in [-0.05, 0) is 38.5 Å². The molecule has 0 aliphatic rings. The molecule has 0 heterocycles. The third-order valence-electron chi connectivity index (χ3n) is 15.3. The number of hydrogen-bond donors (Lipinski definition) is 0. The van der Waals surface area contributed by atoms with Crippen LogP contribution in [0.5, 0.6) is 0 Å². The lowest BCUT2D eigenvalue weighted by atomic mass is 9.08. The topological polar surface area (TPSA) is 0 Å². The fourth-order valence-corrected chi connectivity index (χ4v) is 12.5. The van der Waals surface area contributed by atoms with Crippen molar-refractivity contribution in [3.63, 3.8) is 0 Å². The van der Waals surface area contributed by atoms with Gasteiger partial charge in [0.2, 0.25) is 52.4 Å². The lowest BCUT2D eigenvalue weighted by molar-refractivity contribution is -0.350. The molecule has 0 aliphatic carbocycles. The summed E-state index contributed by atoms with van der Waals surface area (Å²) in [5, 5.41) is -2.03. The molecule has 530 valence electrons. The second-order valence-electron chi connectivity index (χ2n) is 22.1. The van der Waals surface area contributed by atoms with Crippen LogP contribution in [0.25, 0.3) is 0 Å². The van der Waals surface area contributed by atoms with Crippen molar-refractivity contribution in [3.05, 3.63) is 29.1 Å². The maximum absolute atomic E-state index is 16.5. The molecule has 36 heteroatoms. The van der Waals surface area contributed by atoms with E-state index in [1.54, 1.807) is 0 Å². The highest BCUT2D eigenvalue weighted by Crippen LogP contribution is 2.73. The van der Waals surface area contributed by atoms with Crippen LogP contribution in [-0.4, -0.2) is 94.8 Å². The quantitative estimate of drug-likeness (QED) is 0.0153. The van der Waals surface area contributed by atoms with E-state index in [1.807, 2.05) is 6.92 Å². The maximum atomic E-state index is 16.5. The van der Waals surface area contributed by atoms with Gasteiger partial charge < -0.3 is 0 Å². The predicted octanol–water partition coefficient (Wildman–Crippen LogP) is 24.2. The molecular formula is C53H72BF34P. The van der Waals surface area contributed by atoms with Gasteiger partial charge in [0.15, 0.2) is 5.30 Å². The summed E-state index contributed by atoms with van der Waals surface area (Å²) in [6, 6.07) is 0. The normalized spacial score (nSPS) is 15.0. The van der Waals surface area contributed by atoms with E-state index >= 15 is 105 Å². The molecular weight excluding hydrogens is 1320 g/mol. The van der Waals surface area contributed by atoms with Crippen LogP contribution < -0.4 is 5.30 Å². The van der Waals surface area contributed by atoms with Gasteiger partial charge in [0, 0.05) is 25.7 Å². The van der Waals surface area contributed by atoms with Crippen LogP contribution in [0, 0.1) is 29.1 Å². The van der Waals surface area contributed by atoms with Crippen molar-refractivity contribution >= 4 is 19.4 Å². The van der Waals surface area contributed by atoms with Crippen molar-refractivity contribution in [3.8, 4) is 0 Å². The molecule has 1 unspecified atom stereocenters. The van der Waals surface area contributed by atoms with Crippen molar-refractivity contribution in [2.75, 3.05) is 6.16 Å². The Labute approximate surface area is 493 Å². The highest BCUT2D eigenvalue weighted by Gasteiger charge is 3.03. The zero-order valence-electron chi connectivity index (χ0n) is 48.7. The van der Waals surface area contributed by atoms with E-state index in [1.165, 1.54) is 27.7 Å². The van der Waals surface area contributed by atoms with Gasteiger partial charge in [-0.25, -0.2) is 48.3 Å². The van der Waals surface area contributed by atoms with Gasteiger partial charge in [0.05, 0.1) is 6.16 Å². The standard InChI is InChI=1S/C36H52BF24.C17H19F10P/c1-5-9-13-17-21-25(38,39)29(46,47)33(54,55)37(34(56,57)30(48,49)26(40,41)22-18-14-10-6-2,35(58,59)31(50,51)27(42,43)23-19-15-11-7-3)36(60,61)32(52,53)28(44,45)24-20-16-12-8-4;1-2-3-4-5-6-7-8-9-28(17(26,27)16(23,24)25)15-13(21)11(19)10(18)12(20)14(15)22/h5-24H2,1-4H3;2-9H2,1H3/q-1;/p+1. The van der Waals surface area contributed by atoms with Crippen LogP contribution in [0.1, 0.15) is 208 Å². The lowest BCUT2D eigenvalue weighted by Gasteiger charge is -2.63. The number of halogens is 34. The van der Waals surface area contributed by atoms with Gasteiger partial charge >= 0.3 is 65.4 Å². The molecule has 0 fully saturated rings. The van der Waals surface area contributed by atoms with Gasteiger partial charge in [-0.1, -0.05) is 144 Å². The van der Waals surface area contributed by atoms with E-state index in [9.17, 15) is 43.9 Å². The van der Waals surface area contributed by atoms with Crippen LogP contribution in [0.4, 0.5) is 149 Å². The minimum absolute atomic E-state index is 0.0414. The number of alkyl halides is 29. The van der Waals surface area contributed by atoms with Crippen LogP contribution in [0.3, 0.4) is 0 Å². The molecule has 0 amide bonds. The summed E-state index contributed by atoms with van der Waals surface area (Å²) in [4.78, 5) is 0. The zero-order valence-corrected chi connectivity index (χ0v) is 49.7. The zero-order chi connectivity index (χ0) is 70.3. The van der Waals surface area contributed by atoms with Crippen LogP contribution in [0.15, 0.2) is 0 Å². The fourth-order valence-electron chi connectivity index (χ4n) is 9.89. The van der Waals surface area contributed by atoms with Gasteiger partial charge in [-0.2, -0.15) is 101 Å². The summed E-state index contributed by atoms with van der Waals surface area (Å²) in [5.41, 5.74) is -5.57. The van der Waals surface area contributed by atoms with E-state index in [4.69, 9.17) is 0 Å². The number of rotatable bonds is 42. The van der Waals surface area contributed by atoms with Crippen LogP contribution >= 0.6 is 7.92 Å². The Bertz CT molecular complexity index is 2040. The molecule has 1 aromatic carbocycles. The van der Waals surface area contributed by atoms with Gasteiger partial charge in [0.25, 0.3) is 0 Å². The smallest absolute Gasteiger partial charge is 0.244 e. The Kier molecular flexibility index (Phi) is 31.7. The third kappa shape index (κ3) is 17.3. The summed E-state index contributed by atoms with van der Waals surface area (Å²) < 4.78 is 513. The Hall–Kier alpha value is -2.67. The molecule has 0 spiro atoms. The monoisotopic (exact) mass is 1400 g/mol. The van der Waals surface area contributed by atoms with Crippen molar-refractivity contribution in [2.45, 2.75) is 290 Å². The molecule has 0 saturated heterocycles. The second-order valence-corrected chi connectivity index (χ2v) is 24.7. The van der Waals surface area contributed by atoms with Crippen molar-refractivity contribution < 1.29 is 149 Å². The summed E-state index contributed by atoms with van der Waals surface area (Å²) >= 11 is 0. The van der Waals surface area contributed by atoms with E-state index in [2.05, 4.69) is 0 Å². The van der Waals surface area contributed by atoms with E-state index in [0.717, 1.165) is 19.3 Å². The van der Waals surface area contributed by atoms with Gasteiger partial charge in [0.1, 0.15) is 7.92 Å². The minimum atomic E-state index is -11.7. The molecule has 0 radical (unpaired) electrons. The summed E-state index contributed by atoms with van der Waals surface area (Å²) in [6.45, 7) is 7.03. The third-order valence-corrected chi connectivity index (χ3v) is 18.3. The molecule has 0 bridgehead atoms. The maximum Gasteiger partial charge on any atom is 0.493 e. The Morgan fingerprint density at radius 2 is 0.449 bits per heavy atom. The Morgan fingerprint density at radius 3 is 0.663 bits per heavy atom. The Morgan fingerprint density at radius 1 is 0.258 bits per heavy atom. The summed E-state index contributed by atoms with van der Waals surface area (Å²) in [5.74, 6) is -116. The number of benzene rings is 1. The highest BCUT2D eigenvalue weighted by molar-refractivity contribution is 7.66. The van der Waals surface area contributed by atoms with Gasteiger partial charge in [-0.3, -0.25) is 0 Å². The van der Waals surface area contributed by atoms with Crippen molar-refractivity contribution in [1.29, 1.82) is 0 Å². The highest BCUT2D eigenvalue weighted by atomic mass is 31.1. The fraction of sp³-hybridized carbons (Fsp3) is 0.887. The van der Waals surface area contributed by atoms with E-state index in [-0.39, 0.29) is 64.2 Å². The van der Waals surface area contributed by atoms with Gasteiger partial charge in [-0.15, -0.1) is 0 Å². The SMILES string of the molecule is CCCCCCC(F)(F)C(F)(F)C(F)(F)[B-](C(F)(F)C(F)(F)C(F)(F)CCCCCC)(C(F)(F)C(F)(F)C(F)(F)CCCCCC)C(F)(F)C(F)(F)C(F)(F)CCCCCC.CCCCCCCCC[PH+](c1c(F)c(F)c(F)c(F)c1F)C(F)(F)C(F)(F)F. The first-order valence-electron chi connectivity index (χ1n) is 28.6. The molecule has 0 nitrogen and oxygen atoms in total. The minimum Gasteiger partial charge on any atom is -0.244 e. The summed E-state index contributed by atoms with van der Waals surface area (Å²) in [7, 11) is -4.53. The Balaban J connectivity index is 0.00000229. The largest absolute Gasteiger partial charge is 0.493 e. The van der Waals surface area contributed by atoms with E-state index in [0.29, 0.717) is 12.8 Å². The first-order chi connectivity index (χ1) is 40.1. The second kappa shape index (κ2) is 32.7. The first-order valence-corrected chi connectivity index (χ1v) is 30.3. The van der Waals surface area contributed by atoms with Crippen LogP contribution in [-0.2, 0) is 0 Å². The average molecular weight is 1400 g/mol. The molecule has 89 heavy (non-hydrogen) atoms. The average Bonchev–Trinajstić information content (AvgIpc) is 0.650. The number of hydrogen-bond acceptors (Lipinski definition) is 0. The summed E-state index contributed by atoms with van der Waals surface area (Å²) in [6.07, 6.45) is -38.1. The van der Waals surface area contributed by atoms with Crippen LogP contribution in [0.2, 0.25) is 0 Å². The first kappa shape index (κ1) is 86.3. The molecule has 0 aromatic heterocycles. The molecule has 1 aromatic rings.